The Bertz CT molecular complexity index is 484. The Morgan fingerprint density at radius 3 is 2.00 bits per heavy atom. The molecule has 1 heterocycles. The normalized spacial score (nSPS) is 20.2. The molecule has 1 aliphatic heterocycles. The van der Waals surface area contributed by atoms with Crippen LogP contribution < -0.4 is 5.32 Å². The number of hydrogen-bond acceptors (Lipinski definition) is 2. The van der Waals surface area contributed by atoms with E-state index in [0.717, 1.165) is 19.6 Å². The summed E-state index contributed by atoms with van der Waals surface area (Å²) in [5, 5.41) is 3.48. The van der Waals surface area contributed by atoms with E-state index in [1.54, 1.807) is 0 Å². The largest absolute Gasteiger partial charge is 0.314 e. The summed E-state index contributed by atoms with van der Waals surface area (Å²) in [5.41, 5.74) is 2.76. The van der Waals surface area contributed by atoms with Crippen molar-refractivity contribution in [3.05, 3.63) is 71.8 Å². The molecule has 1 N–H and O–H groups in total. The predicted molar refractivity (Wildman–Crippen MR) is 83.8 cm³/mol. The lowest BCUT2D eigenvalue weighted by Crippen LogP contribution is -2.51. The van der Waals surface area contributed by atoms with Gasteiger partial charge in [0.05, 0.1) is 6.04 Å². The lowest BCUT2D eigenvalue weighted by Gasteiger charge is -2.40. The quantitative estimate of drug-likeness (QED) is 0.918. The lowest BCUT2D eigenvalue weighted by atomic mass is 9.95. The molecule has 0 bridgehead atoms. The van der Waals surface area contributed by atoms with Gasteiger partial charge >= 0.3 is 0 Å². The van der Waals surface area contributed by atoms with E-state index in [2.05, 4.69) is 77.8 Å². The van der Waals surface area contributed by atoms with Crippen LogP contribution in [0.1, 0.15) is 24.1 Å². The third kappa shape index (κ3) is 2.77. The van der Waals surface area contributed by atoms with Crippen molar-refractivity contribution in [2.24, 2.45) is 0 Å². The Balaban J connectivity index is 1.99. The van der Waals surface area contributed by atoms with Crippen LogP contribution in [0.5, 0.6) is 0 Å². The Hall–Kier alpha value is -1.64. The first-order chi connectivity index (χ1) is 9.86. The number of hydrogen-bond donors (Lipinski definition) is 1. The van der Waals surface area contributed by atoms with Gasteiger partial charge in [-0.25, -0.2) is 0 Å². The van der Waals surface area contributed by atoms with Crippen LogP contribution in [-0.2, 0) is 0 Å². The molecule has 3 rings (SSSR count). The molecule has 0 amide bonds. The van der Waals surface area contributed by atoms with Crippen molar-refractivity contribution in [2.45, 2.75) is 19.0 Å². The van der Waals surface area contributed by atoms with Gasteiger partial charge in [-0.15, -0.1) is 0 Å². The van der Waals surface area contributed by atoms with Gasteiger partial charge in [-0.05, 0) is 18.1 Å². The monoisotopic (exact) mass is 266 g/mol. The van der Waals surface area contributed by atoms with E-state index in [1.165, 1.54) is 11.1 Å². The summed E-state index contributed by atoms with van der Waals surface area (Å²) < 4.78 is 0. The number of piperazine rings is 1. The maximum absolute atomic E-state index is 3.48. The molecule has 2 aromatic carbocycles. The van der Waals surface area contributed by atoms with Gasteiger partial charge in [-0.1, -0.05) is 60.7 Å². The Morgan fingerprint density at radius 2 is 1.50 bits per heavy atom. The van der Waals surface area contributed by atoms with Crippen LogP contribution >= 0.6 is 0 Å². The molecule has 2 aromatic rings. The number of benzene rings is 2. The van der Waals surface area contributed by atoms with E-state index >= 15 is 0 Å². The average Bonchev–Trinajstić information content (AvgIpc) is 2.52. The maximum atomic E-state index is 3.48. The average molecular weight is 266 g/mol. The zero-order chi connectivity index (χ0) is 13.8. The molecule has 1 unspecified atom stereocenters. The summed E-state index contributed by atoms with van der Waals surface area (Å²) in [6.07, 6.45) is 0. The fourth-order valence-corrected chi connectivity index (χ4v) is 3.09. The Kier molecular flexibility index (Phi) is 4.14. The predicted octanol–water partition coefficient (Wildman–Crippen LogP) is 3.07. The lowest BCUT2D eigenvalue weighted by molar-refractivity contribution is 0.137. The first-order valence-corrected chi connectivity index (χ1v) is 7.42. The van der Waals surface area contributed by atoms with Gasteiger partial charge in [0.1, 0.15) is 0 Å². The topological polar surface area (TPSA) is 15.3 Å². The van der Waals surface area contributed by atoms with Gasteiger partial charge in [0.2, 0.25) is 0 Å². The number of rotatable bonds is 3. The number of nitrogens with zero attached hydrogens (tertiary/aromatic N) is 1. The minimum atomic E-state index is 0.356. The van der Waals surface area contributed by atoms with E-state index in [1.807, 2.05) is 0 Å². The van der Waals surface area contributed by atoms with Crippen molar-refractivity contribution < 1.29 is 0 Å². The molecule has 0 spiro atoms. The molecule has 2 heteroatoms. The molecule has 2 nitrogen and oxygen atoms in total. The van der Waals surface area contributed by atoms with Crippen molar-refractivity contribution in [2.75, 3.05) is 19.6 Å². The molecule has 0 radical (unpaired) electrons. The van der Waals surface area contributed by atoms with E-state index in [-0.39, 0.29) is 0 Å². The van der Waals surface area contributed by atoms with Gasteiger partial charge in [0, 0.05) is 25.7 Å². The van der Waals surface area contributed by atoms with Crippen LogP contribution in [0.15, 0.2) is 60.7 Å². The van der Waals surface area contributed by atoms with Gasteiger partial charge in [-0.3, -0.25) is 4.90 Å². The SMILES string of the molecule is CC1CNCCN1C(c1ccccc1)c1ccccc1. The molecular formula is C18H22N2. The van der Waals surface area contributed by atoms with Crippen molar-refractivity contribution in [3.63, 3.8) is 0 Å². The molecule has 1 aliphatic rings. The van der Waals surface area contributed by atoms with Crippen molar-refractivity contribution in [1.82, 2.24) is 10.2 Å². The zero-order valence-electron chi connectivity index (χ0n) is 12.0. The highest BCUT2D eigenvalue weighted by Gasteiger charge is 2.27. The number of nitrogens with one attached hydrogen (secondary N) is 1. The standard InChI is InChI=1S/C18H22N2/c1-15-14-19-12-13-20(15)18(16-8-4-2-5-9-16)17-10-6-3-7-11-17/h2-11,15,18-19H,12-14H2,1H3. The second-order valence-corrected chi connectivity index (χ2v) is 5.51. The fourth-order valence-electron chi connectivity index (χ4n) is 3.09. The summed E-state index contributed by atoms with van der Waals surface area (Å²) in [4.78, 5) is 2.61. The Labute approximate surface area is 121 Å². The molecule has 1 saturated heterocycles. The Morgan fingerprint density at radius 1 is 0.950 bits per heavy atom. The van der Waals surface area contributed by atoms with E-state index in [0.29, 0.717) is 12.1 Å². The van der Waals surface area contributed by atoms with Crippen LogP contribution in [-0.4, -0.2) is 30.6 Å². The fraction of sp³-hybridized carbons (Fsp3) is 0.333. The summed E-state index contributed by atoms with van der Waals surface area (Å²) in [7, 11) is 0. The summed E-state index contributed by atoms with van der Waals surface area (Å²) >= 11 is 0. The van der Waals surface area contributed by atoms with Crippen molar-refractivity contribution in [3.8, 4) is 0 Å². The molecule has 0 saturated carbocycles. The molecule has 1 fully saturated rings. The molecule has 0 aromatic heterocycles. The van der Waals surface area contributed by atoms with Gasteiger partial charge in [0.25, 0.3) is 0 Å². The van der Waals surface area contributed by atoms with Crippen LogP contribution in [0.4, 0.5) is 0 Å². The summed E-state index contributed by atoms with van der Waals surface area (Å²) in [6, 6.07) is 22.6. The molecule has 104 valence electrons. The molecule has 0 aliphatic carbocycles. The second kappa shape index (κ2) is 6.21. The first-order valence-electron chi connectivity index (χ1n) is 7.42. The maximum Gasteiger partial charge on any atom is 0.0604 e. The zero-order valence-corrected chi connectivity index (χ0v) is 12.0. The third-order valence-corrected chi connectivity index (χ3v) is 4.11. The van der Waals surface area contributed by atoms with Crippen LogP contribution in [0.25, 0.3) is 0 Å². The highest BCUT2D eigenvalue weighted by atomic mass is 15.2. The molecule has 20 heavy (non-hydrogen) atoms. The van der Waals surface area contributed by atoms with E-state index < -0.39 is 0 Å². The minimum absolute atomic E-state index is 0.356. The second-order valence-electron chi connectivity index (χ2n) is 5.51. The summed E-state index contributed by atoms with van der Waals surface area (Å²) in [6.45, 7) is 5.54. The van der Waals surface area contributed by atoms with E-state index in [9.17, 15) is 0 Å². The van der Waals surface area contributed by atoms with Gasteiger partial charge < -0.3 is 5.32 Å². The van der Waals surface area contributed by atoms with Gasteiger partial charge in [-0.2, -0.15) is 0 Å². The highest BCUT2D eigenvalue weighted by Crippen LogP contribution is 2.30. The van der Waals surface area contributed by atoms with Crippen LogP contribution in [0.3, 0.4) is 0 Å². The van der Waals surface area contributed by atoms with Crippen LogP contribution in [0.2, 0.25) is 0 Å². The van der Waals surface area contributed by atoms with E-state index in [4.69, 9.17) is 0 Å². The van der Waals surface area contributed by atoms with Crippen molar-refractivity contribution >= 4 is 0 Å². The van der Waals surface area contributed by atoms with Crippen molar-refractivity contribution in [1.29, 1.82) is 0 Å². The third-order valence-electron chi connectivity index (χ3n) is 4.11. The molecule has 1 atom stereocenters. The van der Waals surface area contributed by atoms with Crippen LogP contribution in [0, 0.1) is 0 Å². The summed E-state index contributed by atoms with van der Waals surface area (Å²) in [5.74, 6) is 0. The van der Waals surface area contributed by atoms with Gasteiger partial charge in [0.15, 0.2) is 0 Å². The smallest absolute Gasteiger partial charge is 0.0604 e. The minimum Gasteiger partial charge on any atom is -0.314 e. The first kappa shape index (κ1) is 13.3. The molecular weight excluding hydrogens is 244 g/mol. The highest BCUT2D eigenvalue weighted by molar-refractivity contribution is 5.32.